The third-order valence-corrected chi connectivity index (χ3v) is 8.99. The van der Waals surface area contributed by atoms with E-state index in [9.17, 15) is 4.79 Å². The molecule has 0 radical (unpaired) electrons. The van der Waals surface area contributed by atoms with Crippen LogP contribution in [-0.4, -0.2) is 5.97 Å². The summed E-state index contributed by atoms with van der Waals surface area (Å²) in [6.45, 7) is 0. The van der Waals surface area contributed by atoms with Crippen LogP contribution in [0.15, 0.2) is 112 Å². The minimum atomic E-state index is -0.330. The van der Waals surface area contributed by atoms with E-state index in [0.29, 0.717) is 11.3 Å². The minimum absolute atomic E-state index is 0.225. The Kier molecular flexibility index (Phi) is 7.94. The fraction of sp³-hybridized carbons (Fsp3) is 0. The Hall–Kier alpha value is -1.11. The number of hydrogen-bond donors (Lipinski definition) is 0. The number of benzene rings is 4. The first-order valence-electron chi connectivity index (χ1n) is 9.34. The lowest BCUT2D eigenvalue weighted by Crippen LogP contribution is -2.13. The molecule has 4 aromatic rings. The molecule has 4 aromatic carbocycles. The maximum absolute atomic E-state index is 12.8. The quantitative estimate of drug-likeness (QED) is 0.0899. The highest BCUT2D eigenvalue weighted by Crippen LogP contribution is 2.32. The largest absolute Gasteiger partial charge is 0.423 e. The van der Waals surface area contributed by atoms with Crippen molar-refractivity contribution in [2.24, 2.45) is 0 Å². The standard InChI is InChI=1S/C25H16I3O2S/c26-17-15-22(27)24(23(28)16-17)25(29)30-18-11-13-21(14-12-18)31(19-7-3-1-4-8-19)20-9-5-2-6-10-20/h1-16H/q+1. The van der Waals surface area contributed by atoms with Crippen LogP contribution in [0.3, 0.4) is 0 Å². The van der Waals surface area contributed by atoms with E-state index in [-0.39, 0.29) is 16.9 Å². The predicted octanol–water partition coefficient (Wildman–Crippen LogP) is 7.82. The molecule has 0 N–H and O–H groups in total. The van der Waals surface area contributed by atoms with Crippen molar-refractivity contribution in [3.63, 3.8) is 0 Å². The second-order valence-corrected chi connectivity index (χ2v) is 12.1. The van der Waals surface area contributed by atoms with Crippen molar-refractivity contribution in [1.82, 2.24) is 0 Å². The Morgan fingerprint density at radius 1 is 0.645 bits per heavy atom. The summed E-state index contributed by atoms with van der Waals surface area (Å²) in [4.78, 5) is 16.5. The molecular weight excluding hydrogens is 745 g/mol. The normalized spacial score (nSPS) is 10.8. The molecule has 0 aliphatic heterocycles. The van der Waals surface area contributed by atoms with Crippen LogP contribution in [0.5, 0.6) is 5.75 Å². The van der Waals surface area contributed by atoms with Crippen LogP contribution < -0.4 is 4.74 Å². The Morgan fingerprint density at radius 2 is 1.10 bits per heavy atom. The van der Waals surface area contributed by atoms with Crippen molar-refractivity contribution in [1.29, 1.82) is 0 Å². The zero-order valence-electron chi connectivity index (χ0n) is 16.1. The van der Waals surface area contributed by atoms with Gasteiger partial charge in [-0.1, -0.05) is 36.4 Å². The van der Waals surface area contributed by atoms with Crippen LogP contribution in [0, 0.1) is 10.7 Å². The molecule has 0 aliphatic carbocycles. The number of carbonyl (C=O) groups is 1. The number of hydrogen-bond acceptors (Lipinski definition) is 2. The van der Waals surface area contributed by atoms with Gasteiger partial charge in [-0.05, 0) is 128 Å². The molecule has 0 spiro atoms. The molecule has 154 valence electrons. The fourth-order valence-electron chi connectivity index (χ4n) is 3.06. The molecule has 0 fully saturated rings. The van der Waals surface area contributed by atoms with Crippen LogP contribution in [0.1, 0.15) is 10.4 Å². The molecular formula is C25H16I3O2S+. The van der Waals surface area contributed by atoms with E-state index >= 15 is 0 Å². The van der Waals surface area contributed by atoms with Gasteiger partial charge in [0.25, 0.3) is 0 Å². The van der Waals surface area contributed by atoms with E-state index in [1.54, 1.807) is 0 Å². The van der Waals surface area contributed by atoms with Gasteiger partial charge in [-0.2, -0.15) is 0 Å². The van der Waals surface area contributed by atoms with Gasteiger partial charge in [0.1, 0.15) is 5.75 Å². The smallest absolute Gasteiger partial charge is 0.345 e. The topological polar surface area (TPSA) is 26.3 Å². The van der Waals surface area contributed by atoms with Gasteiger partial charge in [0, 0.05) is 10.7 Å². The summed E-state index contributed by atoms with van der Waals surface area (Å²) >= 11 is 6.63. The molecule has 0 saturated heterocycles. The molecule has 0 aliphatic rings. The Balaban J connectivity index is 1.62. The van der Waals surface area contributed by atoms with Gasteiger partial charge in [0.05, 0.1) is 16.5 Å². The van der Waals surface area contributed by atoms with E-state index in [2.05, 4.69) is 128 Å². The second-order valence-electron chi connectivity index (χ2n) is 6.54. The van der Waals surface area contributed by atoms with Crippen molar-refractivity contribution in [2.45, 2.75) is 14.7 Å². The summed E-state index contributed by atoms with van der Waals surface area (Å²) < 4.78 is 8.59. The highest BCUT2D eigenvalue weighted by atomic mass is 127. The van der Waals surface area contributed by atoms with Crippen molar-refractivity contribution < 1.29 is 9.53 Å². The summed E-state index contributed by atoms with van der Waals surface area (Å²) in [5.41, 5.74) is 0.610. The van der Waals surface area contributed by atoms with Crippen molar-refractivity contribution in [2.75, 3.05) is 0 Å². The molecule has 0 bridgehead atoms. The molecule has 0 unspecified atom stereocenters. The van der Waals surface area contributed by atoms with Gasteiger partial charge < -0.3 is 4.74 Å². The van der Waals surface area contributed by atoms with E-state index < -0.39 is 0 Å². The van der Waals surface area contributed by atoms with Crippen LogP contribution in [-0.2, 0) is 10.9 Å². The maximum atomic E-state index is 12.8. The summed E-state index contributed by atoms with van der Waals surface area (Å²) in [6.07, 6.45) is 0. The molecule has 0 saturated carbocycles. The summed E-state index contributed by atoms with van der Waals surface area (Å²) in [5.74, 6) is 0.214. The van der Waals surface area contributed by atoms with Crippen LogP contribution in [0.4, 0.5) is 0 Å². The third-order valence-electron chi connectivity index (χ3n) is 4.44. The lowest BCUT2D eigenvalue weighted by Gasteiger charge is -2.10. The third kappa shape index (κ3) is 5.63. The zero-order chi connectivity index (χ0) is 21.8. The molecule has 4 rings (SSSR count). The van der Waals surface area contributed by atoms with Crippen molar-refractivity contribution in [3.8, 4) is 5.75 Å². The fourth-order valence-corrected chi connectivity index (χ4v) is 9.17. The van der Waals surface area contributed by atoms with Gasteiger partial charge in [0.2, 0.25) is 0 Å². The van der Waals surface area contributed by atoms with Crippen molar-refractivity contribution >= 4 is 84.6 Å². The summed E-state index contributed by atoms with van der Waals surface area (Å²) in [5, 5.41) is 0. The highest BCUT2D eigenvalue weighted by molar-refractivity contribution is 14.1. The average molecular weight is 761 g/mol. The van der Waals surface area contributed by atoms with Crippen LogP contribution in [0.2, 0.25) is 0 Å². The number of rotatable bonds is 5. The second kappa shape index (κ2) is 10.7. The predicted molar refractivity (Wildman–Crippen MR) is 151 cm³/mol. The molecule has 0 amide bonds. The first kappa shape index (κ1) is 23.1. The van der Waals surface area contributed by atoms with E-state index in [1.165, 1.54) is 14.7 Å². The SMILES string of the molecule is O=C(Oc1ccc([S+](c2ccccc2)c2ccccc2)cc1)c1c(I)cc(I)cc1I. The van der Waals surface area contributed by atoms with Gasteiger partial charge in [-0.15, -0.1) is 0 Å². The van der Waals surface area contributed by atoms with Gasteiger partial charge in [0.15, 0.2) is 14.7 Å². The summed E-state index contributed by atoms with van der Waals surface area (Å²) in [6, 6.07) is 32.8. The lowest BCUT2D eigenvalue weighted by molar-refractivity contribution is 0.0732. The lowest BCUT2D eigenvalue weighted by atomic mass is 10.2. The first-order valence-corrected chi connectivity index (χ1v) is 13.8. The van der Waals surface area contributed by atoms with Crippen LogP contribution in [0.25, 0.3) is 0 Å². The highest BCUT2D eigenvalue weighted by Gasteiger charge is 2.28. The number of halogens is 3. The molecule has 0 aromatic heterocycles. The maximum Gasteiger partial charge on any atom is 0.345 e. The number of carbonyl (C=O) groups excluding carboxylic acids is 1. The average Bonchev–Trinajstić information content (AvgIpc) is 2.76. The Morgan fingerprint density at radius 3 is 1.58 bits per heavy atom. The molecule has 0 atom stereocenters. The molecule has 31 heavy (non-hydrogen) atoms. The number of esters is 1. The molecule has 6 heteroatoms. The van der Waals surface area contributed by atoms with E-state index in [0.717, 1.165) is 10.7 Å². The Bertz CT molecular complexity index is 1130. The summed E-state index contributed by atoms with van der Waals surface area (Å²) in [7, 11) is -0.225. The van der Waals surface area contributed by atoms with Gasteiger partial charge >= 0.3 is 5.97 Å². The monoisotopic (exact) mass is 761 g/mol. The number of ether oxygens (including phenoxy) is 1. The Labute approximate surface area is 225 Å². The van der Waals surface area contributed by atoms with E-state index in [1.807, 2.05) is 36.4 Å². The minimum Gasteiger partial charge on any atom is -0.423 e. The molecule has 0 heterocycles. The van der Waals surface area contributed by atoms with Crippen LogP contribution >= 0.6 is 67.8 Å². The van der Waals surface area contributed by atoms with Gasteiger partial charge in [-0.25, -0.2) is 4.79 Å². The first-order chi connectivity index (χ1) is 15.0. The van der Waals surface area contributed by atoms with Crippen molar-refractivity contribution in [3.05, 3.63) is 113 Å². The molecule has 2 nitrogen and oxygen atoms in total. The van der Waals surface area contributed by atoms with E-state index in [4.69, 9.17) is 4.74 Å². The van der Waals surface area contributed by atoms with Gasteiger partial charge in [-0.3, -0.25) is 0 Å². The zero-order valence-corrected chi connectivity index (χ0v) is 23.4.